The number of hydrogen-bond acceptors (Lipinski definition) is 4. The van der Waals surface area contributed by atoms with Crippen molar-refractivity contribution in [2.24, 2.45) is 0 Å². The summed E-state index contributed by atoms with van der Waals surface area (Å²) in [5, 5.41) is 2.20. The van der Waals surface area contributed by atoms with E-state index in [1.165, 1.54) is 0 Å². The Balaban J connectivity index is 1.50. The number of aryl methyl sites for hydroxylation is 1. The molecule has 1 heterocycles. The smallest absolute Gasteiger partial charge is 0.339 e. The molecule has 0 spiro atoms. The molecule has 4 nitrogen and oxygen atoms in total. The first-order valence-electron chi connectivity index (χ1n) is 10.4. The molecule has 0 radical (unpaired) electrons. The molecule has 162 valence electrons. The van der Waals surface area contributed by atoms with E-state index in [4.69, 9.17) is 37.1 Å². The Kier molecular flexibility index (Phi) is 5.81. The molecule has 0 atom stereocenters. The zero-order valence-corrected chi connectivity index (χ0v) is 18.7. The lowest BCUT2D eigenvalue weighted by molar-refractivity contribution is 0.291. The third-order valence-electron chi connectivity index (χ3n) is 5.63. The fraction of sp³-hybridized carbons (Fsp3) is 0.192. The molecule has 0 aliphatic heterocycles. The highest BCUT2D eigenvalue weighted by molar-refractivity contribution is 6.30. The van der Waals surface area contributed by atoms with Gasteiger partial charge < -0.3 is 13.9 Å². The minimum Gasteiger partial charge on any atom is -0.489 e. The summed E-state index contributed by atoms with van der Waals surface area (Å²) in [6.45, 7) is 0.718. The van der Waals surface area contributed by atoms with Crippen molar-refractivity contribution in [3.05, 3.63) is 103 Å². The third-order valence-corrected chi connectivity index (χ3v) is 6.14. The van der Waals surface area contributed by atoms with E-state index < -0.39 is 0 Å². The monoisotopic (exact) mass is 466 g/mol. The Bertz CT molecular complexity index is 1330. The number of rotatable bonds is 6. The van der Waals surface area contributed by atoms with E-state index in [9.17, 15) is 4.79 Å². The maximum atomic E-state index is 12.5. The molecule has 0 saturated heterocycles. The summed E-state index contributed by atoms with van der Waals surface area (Å²) in [4.78, 5) is 12.5. The van der Waals surface area contributed by atoms with Crippen molar-refractivity contribution in [3.63, 3.8) is 0 Å². The molecule has 3 aromatic carbocycles. The fourth-order valence-electron chi connectivity index (χ4n) is 4.04. The lowest BCUT2D eigenvalue weighted by atomic mass is 10.1. The summed E-state index contributed by atoms with van der Waals surface area (Å²) in [6.07, 6.45) is 2.50. The highest BCUT2D eigenvalue weighted by atomic mass is 35.5. The van der Waals surface area contributed by atoms with Crippen LogP contribution in [0.4, 0.5) is 0 Å². The Morgan fingerprint density at radius 2 is 1.38 bits per heavy atom. The van der Waals surface area contributed by atoms with Gasteiger partial charge in [0.15, 0.2) is 0 Å². The Labute approximate surface area is 195 Å². The van der Waals surface area contributed by atoms with Gasteiger partial charge in [0.1, 0.15) is 30.3 Å². The number of benzene rings is 3. The standard InChI is InChI=1S/C26H20Cl2O4/c27-18-8-4-16(5-9-18)14-30-20-12-23(31-15-17-6-10-19(28)11-7-17)25-21-2-1-3-22(21)26(29)32-24(25)13-20/h4-13H,1-3,14-15H2. The van der Waals surface area contributed by atoms with Crippen molar-refractivity contribution >= 4 is 34.2 Å². The average Bonchev–Trinajstić information content (AvgIpc) is 3.29. The Morgan fingerprint density at radius 3 is 2.03 bits per heavy atom. The van der Waals surface area contributed by atoms with Crippen LogP contribution in [-0.2, 0) is 26.1 Å². The summed E-state index contributed by atoms with van der Waals surface area (Å²) < 4.78 is 17.9. The molecule has 0 bridgehead atoms. The van der Waals surface area contributed by atoms with Crippen molar-refractivity contribution in [2.45, 2.75) is 32.5 Å². The first-order chi connectivity index (χ1) is 15.6. The second kappa shape index (κ2) is 8.89. The van der Waals surface area contributed by atoms with Gasteiger partial charge in [0.25, 0.3) is 0 Å². The molecule has 0 N–H and O–H groups in total. The van der Waals surface area contributed by atoms with Gasteiger partial charge in [0.2, 0.25) is 0 Å². The number of ether oxygens (including phenoxy) is 2. The average molecular weight is 467 g/mol. The van der Waals surface area contributed by atoms with Crippen molar-refractivity contribution in [2.75, 3.05) is 0 Å². The van der Waals surface area contributed by atoms with Crippen LogP contribution in [0.5, 0.6) is 11.5 Å². The molecule has 0 amide bonds. The number of halogens is 2. The molecule has 1 aromatic heterocycles. The van der Waals surface area contributed by atoms with Crippen LogP contribution in [0.15, 0.2) is 69.9 Å². The molecule has 32 heavy (non-hydrogen) atoms. The zero-order valence-electron chi connectivity index (χ0n) is 17.2. The lowest BCUT2D eigenvalue weighted by Crippen LogP contribution is -2.08. The fourth-order valence-corrected chi connectivity index (χ4v) is 4.29. The number of fused-ring (bicyclic) bond motifs is 3. The van der Waals surface area contributed by atoms with E-state index in [-0.39, 0.29) is 5.63 Å². The first kappa shape index (κ1) is 20.9. The largest absolute Gasteiger partial charge is 0.489 e. The summed E-state index contributed by atoms with van der Waals surface area (Å²) >= 11 is 12.0. The summed E-state index contributed by atoms with van der Waals surface area (Å²) in [5.41, 5.74) is 3.95. The SMILES string of the molecule is O=c1oc2cc(OCc3ccc(Cl)cc3)cc(OCc3ccc(Cl)cc3)c2c2c1CCC2. The molecule has 0 saturated carbocycles. The normalized spacial score (nSPS) is 12.7. The quantitative estimate of drug-likeness (QED) is 0.295. The molecular weight excluding hydrogens is 447 g/mol. The van der Waals surface area contributed by atoms with Gasteiger partial charge in [0.05, 0.1) is 5.39 Å². The predicted octanol–water partition coefficient (Wildman–Crippen LogP) is 6.75. The van der Waals surface area contributed by atoms with Crippen LogP contribution in [-0.4, -0.2) is 0 Å². The minimum atomic E-state index is -0.275. The van der Waals surface area contributed by atoms with Crippen molar-refractivity contribution in [3.8, 4) is 11.5 Å². The second-order valence-corrected chi connectivity index (χ2v) is 8.70. The van der Waals surface area contributed by atoms with Crippen LogP contribution in [0.25, 0.3) is 11.0 Å². The molecule has 0 fully saturated rings. The van der Waals surface area contributed by atoms with E-state index in [0.717, 1.165) is 46.9 Å². The van der Waals surface area contributed by atoms with E-state index in [1.54, 1.807) is 6.07 Å². The molecule has 5 rings (SSSR count). The molecule has 6 heteroatoms. The van der Waals surface area contributed by atoms with Gasteiger partial charge in [-0.25, -0.2) is 4.79 Å². The van der Waals surface area contributed by atoms with Crippen molar-refractivity contribution < 1.29 is 13.9 Å². The maximum Gasteiger partial charge on any atom is 0.339 e. The van der Waals surface area contributed by atoms with Gasteiger partial charge in [0, 0.05) is 27.7 Å². The molecule has 0 unspecified atom stereocenters. The molecule has 1 aliphatic carbocycles. The Morgan fingerprint density at radius 1 is 0.781 bits per heavy atom. The molecule has 1 aliphatic rings. The van der Waals surface area contributed by atoms with E-state index in [2.05, 4.69) is 0 Å². The molecule has 4 aromatic rings. The van der Waals surface area contributed by atoms with Gasteiger partial charge in [-0.15, -0.1) is 0 Å². The summed E-state index contributed by atoms with van der Waals surface area (Å²) in [6, 6.07) is 18.6. The van der Waals surface area contributed by atoms with Gasteiger partial charge >= 0.3 is 5.63 Å². The van der Waals surface area contributed by atoms with Gasteiger partial charge in [-0.1, -0.05) is 47.5 Å². The van der Waals surface area contributed by atoms with Crippen molar-refractivity contribution in [1.82, 2.24) is 0 Å². The first-order valence-corrected chi connectivity index (χ1v) is 11.2. The van der Waals surface area contributed by atoms with E-state index >= 15 is 0 Å². The van der Waals surface area contributed by atoms with E-state index in [0.29, 0.717) is 40.3 Å². The van der Waals surface area contributed by atoms with Gasteiger partial charge in [-0.05, 0) is 60.2 Å². The van der Waals surface area contributed by atoms with E-state index in [1.807, 2.05) is 54.6 Å². The van der Waals surface area contributed by atoms with Crippen LogP contribution in [0.2, 0.25) is 10.0 Å². The number of hydrogen-bond donors (Lipinski definition) is 0. The molecular formula is C26H20Cl2O4. The highest BCUT2D eigenvalue weighted by Gasteiger charge is 2.23. The van der Waals surface area contributed by atoms with Crippen LogP contribution >= 0.6 is 23.2 Å². The second-order valence-electron chi connectivity index (χ2n) is 7.83. The van der Waals surface area contributed by atoms with Gasteiger partial charge in [-0.2, -0.15) is 0 Å². The van der Waals surface area contributed by atoms with Crippen molar-refractivity contribution in [1.29, 1.82) is 0 Å². The third kappa shape index (κ3) is 4.34. The van der Waals surface area contributed by atoms with Crippen LogP contribution < -0.4 is 15.1 Å². The van der Waals surface area contributed by atoms with Crippen LogP contribution in [0.3, 0.4) is 0 Å². The highest BCUT2D eigenvalue weighted by Crippen LogP contribution is 2.38. The van der Waals surface area contributed by atoms with Crippen LogP contribution in [0.1, 0.15) is 28.7 Å². The minimum absolute atomic E-state index is 0.275. The van der Waals surface area contributed by atoms with Gasteiger partial charge in [-0.3, -0.25) is 0 Å². The lowest BCUT2D eigenvalue weighted by Gasteiger charge is -2.15. The van der Waals surface area contributed by atoms with Crippen LogP contribution in [0, 0.1) is 0 Å². The topological polar surface area (TPSA) is 48.7 Å². The predicted molar refractivity (Wildman–Crippen MR) is 126 cm³/mol. The summed E-state index contributed by atoms with van der Waals surface area (Å²) in [7, 11) is 0. The summed E-state index contributed by atoms with van der Waals surface area (Å²) in [5.74, 6) is 1.21. The zero-order chi connectivity index (χ0) is 22.1. The maximum absolute atomic E-state index is 12.5. The Hall–Kier alpha value is -2.95.